The predicted molar refractivity (Wildman–Crippen MR) is 124 cm³/mol. The molecule has 1 aliphatic carbocycles. The van der Waals surface area contributed by atoms with Gasteiger partial charge in [-0.25, -0.2) is 4.79 Å². The number of nitrogens with one attached hydrogen (secondary N) is 1. The van der Waals surface area contributed by atoms with Gasteiger partial charge in [0.05, 0.1) is 6.10 Å². The van der Waals surface area contributed by atoms with E-state index in [0.29, 0.717) is 13.0 Å². The minimum Gasteiger partial charge on any atom is -0.444 e. The Labute approximate surface area is 182 Å². The quantitative estimate of drug-likeness (QED) is 0.533. The molecule has 1 aromatic carbocycles. The molecule has 0 saturated carbocycles. The van der Waals surface area contributed by atoms with Crippen molar-refractivity contribution in [2.75, 3.05) is 13.7 Å². The van der Waals surface area contributed by atoms with Crippen LogP contribution >= 0.6 is 0 Å². The fourth-order valence-corrected chi connectivity index (χ4v) is 4.09. The van der Waals surface area contributed by atoms with Crippen molar-refractivity contribution in [1.82, 2.24) is 5.32 Å². The lowest BCUT2D eigenvalue weighted by molar-refractivity contribution is 0.0504. The van der Waals surface area contributed by atoms with Crippen molar-refractivity contribution in [1.29, 1.82) is 0 Å². The summed E-state index contributed by atoms with van der Waals surface area (Å²) in [7, 11) is 1.71. The van der Waals surface area contributed by atoms with Gasteiger partial charge >= 0.3 is 6.09 Å². The summed E-state index contributed by atoms with van der Waals surface area (Å²) in [5.41, 5.74) is 4.98. The zero-order chi connectivity index (χ0) is 22.4. The fourth-order valence-electron chi connectivity index (χ4n) is 4.09. The molecule has 1 N–H and O–H groups in total. The van der Waals surface area contributed by atoms with Crippen LogP contribution in [0, 0.1) is 5.41 Å². The number of allylic oxidation sites excluding steroid dienone is 3. The summed E-state index contributed by atoms with van der Waals surface area (Å²) < 4.78 is 11.0. The highest BCUT2D eigenvalue weighted by molar-refractivity contribution is 5.67. The van der Waals surface area contributed by atoms with Gasteiger partial charge in [0.25, 0.3) is 0 Å². The molecule has 0 radical (unpaired) electrons. The Morgan fingerprint density at radius 2 is 2.00 bits per heavy atom. The highest BCUT2D eigenvalue weighted by Crippen LogP contribution is 2.41. The Morgan fingerprint density at radius 1 is 1.27 bits per heavy atom. The number of benzene rings is 1. The molecule has 4 nitrogen and oxygen atoms in total. The van der Waals surface area contributed by atoms with Gasteiger partial charge in [-0.15, -0.1) is 0 Å². The molecule has 2 rings (SSSR count). The molecule has 1 amide bonds. The average Bonchev–Trinajstić information content (AvgIpc) is 2.63. The van der Waals surface area contributed by atoms with E-state index in [1.807, 2.05) is 20.8 Å². The molecule has 0 aliphatic heterocycles. The topological polar surface area (TPSA) is 47.6 Å². The second-order valence-corrected chi connectivity index (χ2v) is 9.88. The summed E-state index contributed by atoms with van der Waals surface area (Å²) in [6, 6.07) is 8.44. The van der Waals surface area contributed by atoms with E-state index in [0.717, 1.165) is 11.1 Å². The van der Waals surface area contributed by atoms with Crippen LogP contribution < -0.4 is 5.32 Å². The number of amides is 1. The van der Waals surface area contributed by atoms with Crippen LogP contribution in [0.3, 0.4) is 0 Å². The third-order valence-electron chi connectivity index (χ3n) is 5.63. The largest absolute Gasteiger partial charge is 0.444 e. The van der Waals surface area contributed by atoms with Gasteiger partial charge in [-0.1, -0.05) is 49.8 Å². The van der Waals surface area contributed by atoms with Gasteiger partial charge in [-0.3, -0.25) is 0 Å². The summed E-state index contributed by atoms with van der Waals surface area (Å²) in [6.07, 6.45) is 8.41. The molecule has 0 heterocycles. The Kier molecular flexibility index (Phi) is 8.31. The van der Waals surface area contributed by atoms with Crippen molar-refractivity contribution in [3.8, 4) is 0 Å². The molecule has 1 aliphatic rings. The molecular formula is C26H39NO3. The second-order valence-electron chi connectivity index (χ2n) is 9.88. The van der Waals surface area contributed by atoms with Crippen LogP contribution in [0.2, 0.25) is 0 Å². The van der Waals surface area contributed by atoms with Crippen molar-refractivity contribution in [2.24, 2.45) is 5.41 Å². The van der Waals surface area contributed by atoms with Gasteiger partial charge in [-0.05, 0) is 81.6 Å². The van der Waals surface area contributed by atoms with E-state index in [1.54, 1.807) is 7.11 Å². The third-order valence-corrected chi connectivity index (χ3v) is 5.63. The molecule has 0 spiro atoms. The van der Waals surface area contributed by atoms with Crippen molar-refractivity contribution < 1.29 is 14.3 Å². The smallest absolute Gasteiger partial charge is 0.407 e. The van der Waals surface area contributed by atoms with Crippen LogP contribution in [0.1, 0.15) is 84.5 Å². The highest BCUT2D eigenvalue weighted by atomic mass is 16.6. The van der Waals surface area contributed by atoms with Gasteiger partial charge in [0.15, 0.2) is 0 Å². The Bertz CT molecular complexity index is 784. The lowest BCUT2D eigenvalue weighted by Gasteiger charge is -2.32. The molecule has 0 fully saturated rings. The number of hydrogen-bond acceptors (Lipinski definition) is 3. The molecule has 30 heavy (non-hydrogen) atoms. The molecule has 4 heteroatoms. The minimum atomic E-state index is -0.494. The number of alkyl carbamates (subject to hydrolysis) is 1. The molecule has 1 aromatic rings. The standard InChI is InChI=1S/C26H39NO3/c1-19-10-9-16-26(5,6)22(19)14-13-20-11-8-12-21(18-20)23(29-7)15-17-27-24(28)30-25(2,3)4/h8,11-14,18,23H,9-10,15-17H2,1-7H3,(H,27,28). The summed E-state index contributed by atoms with van der Waals surface area (Å²) in [5, 5.41) is 2.81. The molecule has 1 unspecified atom stereocenters. The van der Waals surface area contributed by atoms with Gasteiger partial charge < -0.3 is 14.8 Å². The normalized spacial score (nSPS) is 17.8. The first-order valence-electron chi connectivity index (χ1n) is 11.0. The number of carbonyl (C=O) groups is 1. The van der Waals surface area contributed by atoms with E-state index in [4.69, 9.17) is 9.47 Å². The van der Waals surface area contributed by atoms with E-state index in [9.17, 15) is 4.79 Å². The van der Waals surface area contributed by atoms with Crippen LogP contribution in [0.5, 0.6) is 0 Å². The molecule has 0 saturated heterocycles. The fraction of sp³-hybridized carbons (Fsp3) is 0.577. The van der Waals surface area contributed by atoms with Crippen LogP contribution in [0.25, 0.3) is 6.08 Å². The summed E-state index contributed by atoms with van der Waals surface area (Å²) >= 11 is 0. The predicted octanol–water partition coefficient (Wildman–Crippen LogP) is 6.83. The van der Waals surface area contributed by atoms with E-state index in [-0.39, 0.29) is 11.5 Å². The van der Waals surface area contributed by atoms with E-state index in [1.165, 1.54) is 30.4 Å². The van der Waals surface area contributed by atoms with Crippen LogP contribution in [0.15, 0.2) is 41.5 Å². The average molecular weight is 414 g/mol. The number of carbonyl (C=O) groups excluding carboxylic acids is 1. The zero-order valence-electron chi connectivity index (χ0n) is 19.8. The van der Waals surface area contributed by atoms with E-state index >= 15 is 0 Å². The van der Waals surface area contributed by atoms with Gasteiger partial charge in [0.1, 0.15) is 5.60 Å². The maximum Gasteiger partial charge on any atom is 0.407 e. The van der Waals surface area contributed by atoms with E-state index in [2.05, 4.69) is 62.5 Å². The second kappa shape index (κ2) is 10.3. The molecule has 0 aromatic heterocycles. The first-order valence-corrected chi connectivity index (χ1v) is 11.0. The maximum atomic E-state index is 11.8. The number of ether oxygens (including phenoxy) is 2. The first-order chi connectivity index (χ1) is 14.0. The molecule has 0 bridgehead atoms. The van der Waals surface area contributed by atoms with Crippen LogP contribution in [0.4, 0.5) is 4.79 Å². The summed E-state index contributed by atoms with van der Waals surface area (Å²) in [4.78, 5) is 11.8. The molecule has 166 valence electrons. The lowest BCUT2D eigenvalue weighted by Crippen LogP contribution is -2.33. The highest BCUT2D eigenvalue weighted by Gasteiger charge is 2.26. The lowest BCUT2D eigenvalue weighted by atomic mass is 9.72. The Hall–Kier alpha value is -2.07. The number of hydrogen-bond donors (Lipinski definition) is 1. The van der Waals surface area contributed by atoms with Gasteiger partial charge in [-0.2, -0.15) is 0 Å². The molecular weight excluding hydrogens is 374 g/mol. The summed E-state index contributed by atoms with van der Waals surface area (Å²) in [6.45, 7) is 13.0. The minimum absolute atomic E-state index is 0.0830. The third kappa shape index (κ3) is 7.32. The van der Waals surface area contributed by atoms with Crippen molar-refractivity contribution >= 4 is 12.2 Å². The van der Waals surface area contributed by atoms with Gasteiger partial charge in [0, 0.05) is 13.7 Å². The van der Waals surface area contributed by atoms with E-state index < -0.39 is 11.7 Å². The van der Waals surface area contributed by atoms with Crippen LogP contribution in [-0.4, -0.2) is 25.3 Å². The first kappa shape index (κ1) is 24.2. The maximum absolute atomic E-state index is 11.8. The van der Waals surface area contributed by atoms with Gasteiger partial charge in [0.2, 0.25) is 0 Å². The Morgan fingerprint density at radius 3 is 2.63 bits per heavy atom. The monoisotopic (exact) mass is 413 g/mol. The van der Waals surface area contributed by atoms with Crippen molar-refractivity contribution in [3.05, 3.63) is 52.6 Å². The van der Waals surface area contributed by atoms with Crippen LogP contribution in [-0.2, 0) is 9.47 Å². The van der Waals surface area contributed by atoms with Crippen molar-refractivity contribution in [2.45, 2.75) is 78.9 Å². The zero-order valence-corrected chi connectivity index (χ0v) is 19.8. The summed E-state index contributed by atoms with van der Waals surface area (Å²) in [5.74, 6) is 0. The Balaban J connectivity index is 2.03. The number of rotatable bonds is 7. The number of methoxy groups -OCH3 is 1. The molecule has 1 atom stereocenters. The SMILES string of the molecule is COC(CCNC(=O)OC(C)(C)C)c1cccc(C=CC2=C(C)CCCC2(C)C)c1. The van der Waals surface area contributed by atoms with Crippen molar-refractivity contribution in [3.63, 3.8) is 0 Å².